The van der Waals surface area contributed by atoms with E-state index in [9.17, 15) is 0 Å². The second-order valence-electron chi connectivity index (χ2n) is 13.3. The van der Waals surface area contributed by atoms with E-state index >= 15 is 4.21 Å². The molecule has 0 bridgehead atoms. The van der Waals surface area contributed by atoms with E-state index in [4.69, 9.17) is 13.2 Å². The minimum absolute atomic E-state index is 0.0365. The van der Waals surface area contributed by atoms with E-state index in [1.165, 1.54) is 0 Å². The monoisotopic (exact) mass is 605 g/mol. The van der Waals surface area contributed by atoms with Gasteiger partial charge in [0.05, 0.1) is 22.0 Å². The highest BCUT2D eigenvalue weighted by atomic mass is 32.2. The first-order valence-corrected chi connectivity index (χ1v) is 22.6. The van der Waals surface area contributed by atoms with Crippen LogP contribution in [0.4, 0.5) is 0 Å². The molecule has 2 rings (SSSR count). The molecule has 0 saturated heterocycles. The van der Waals surface area contributed by atoms with Crippen molar-refractivity contribution in [1.82, 2.24) is 0 Å². The van der Waals surface area contributed by atoms with Crippen LogP contribution < -0.4 is 0 Å². The molecule has 228 valence electrons. The molecule has 7 heteroatoms. The molecule has 0 saturated carbocycles. The fourth-order valence-electron chi connectivity index (χ4n) is 5.43. The van der Waals surface area contributed by atoms with Crippen LogP contribution in [0.25, 0.3) is 0 Å². The molecule has 1 unspecified atom stereocenters. The van der Waals surface area contributed by atoms with Crippen molar-refractivity contribution in [2.24, 2.45) is 16.2 Å². The molecule has 0 fully saturated rings. The average Bonchev–Trinajstić information content (AvgIpc) is 2.95. The summed E-state index contributed by atoms with van der Waals surface area (Å²) in [5.74, 6) is 0.446. The Hall–Kier alpha value is -0.996. The maximum Gasteiger partial charge on any atom is 0.192 e. The minimum Gasteiger partial charge on any atom is -0.413 e. The number of nitrogens with zero attached hydrogens (tertiary/aromatic N) is 1. The molecule has 4 atom stereocenters. The lowest BCUT2D eigenvalue weighted by atomic mass is 9.87. The molecule has 1 aromatic carbocycles. The Morgan fingerprint density at radius 3 is 1.98 bits per heavy atom. The first kappa shape index (κ1) is 35.2. The molecule has 1 aliphatic rings. The Bertz CT molecular complexity index is 1090. The Labute approximate surface area is 249 Å². The summed E-state index contributed by atoms with van der Waals surface area (Å²) < 4.78 is 34.3. The zero-order chi connectivity index (χ0) is 30.2. The smallest absolute Gasteiger partial charge is 0.192 e. The quantitative estimate of drug-likeness (QED) is 0.197. The zero-order valence-corrected chi connectivity index (χ0v) is 30.3. The van der Waals surface area contributed by atoms with Gasteiger partial charge < -0.3 is 8.85 Å². The second kappa shape index (κ2) is 14.9. The van der Waals surface area contributed by atoms with Crippen molar-refractivity contribution >= 4 is 26.4 Å². The summed E-state index contributed by atoms with van der Waals surface area (Å²) in [4.78, 5) is 1.61. The summed E-state index contributed by atoms with van der Waals surface area (Å²) >= 11 is 0. The van der Waals surface area contributed by atoms with Crippen molar-refractivity contribution in [2.45, 2.75) is 134 Å². The van der Waals surface area contributed by atoms with Gasteiger partial charge in [-0.1, -0.05) is 91.8 Å². The number of benzene rings is 1. The highest BCUT2D eigenvalue weighted by molar-refractivity contribution is 7.97. The minimum atomic E-state index is -2.89. The number of hydrogen-bond donors (Lipinski definition) is 0. The first-order valence-electron chi connectivity index (χ1n) is 15.6. The summed E-state index contributed by atoms with van der Waals surface area (Å²) in [7, 11) is -5.23. The summed E-state index contributed by atoms with van der Waals surface area (Å²) in [6.45, 7) is 22.9. The van der Waals surface area contributed by atoms with Crippen molar-refractivity contribution in [3.63, 3.8) is 0 Å². The van der Waals surface area contributed by atoms with Gasteiger partial charge in [0.1, 0.15) is 9.73 Å². The molecular formula is C33H59NO3SSi2. The Kier molecular flexibility index (Phi) is 13.2. The highest BCUT2D eigenvalue weighted by Crippen LogP contribution is 2.42. The van der Waals surface area contributed by atoms with Crippen molar-refractivity contribution < 1.29 is 13.1 Å². The largest absolute Gasteiger partial charge is 0.413 e. The number of hydrogen-bond acceptors (Lipinski definition) is 4. The highest BCUT2D eigenvalue weighted by Gasteiger charge is 2.42. The van der Waals surface area contributed by atoms with Crippen LogP contribution in [-0.4, -0.2) is 40.1 Å². The van der Waals surface area contributed by atoms with Gasteiger partial charge in [0.2, 0.25) is 0 Å². The van der Waals surface area contributed by atoms with Gasteiger partial charge in [-0.2, -0.15) is 0 Å². The van der Waals surface area contributed by atoms with Gasteiger partial charge >= 0.3 is 0 Å². The second-order valence-corrected chi connectivity index (χ2v) is 25.1. The average molecular weight is 606 g/mol. The van der Waals surface area contributed by atoms with Crippen LogP contribution in [0.1, 0.15) is 81.1 Å². The van der Waals surface area contributed by atoms with Gasteiger partial charge in [-0.15, -0.1) is 0 Å². The van der Waals surface area contributed by atoms with Crippen LogP contribution in [0.2, 0.25) is 36.3 Å². The predicted molar refractivity (Wildman–Crippen MR) is 179 cm³/mol. The molecule has 40 heavy (non-hydrogen) atoms. The van der Waals surface area contributed by atoms with Gasteiger partial charge in [-0.25, -0.2) is 8.57 Å². The van der Waals surface area contributed by atoms with E-state index in [2.05, 4.69) is 86.7 Å². The van der Waals surface area contributed by atoms with Crippen LogP contribution in [0.5, 0.6) is 0 Å². The third-order valence-electron chi connectivity index (χ3n) is 9.47. The predicted octanol–water partition coefficient (Wildman–Crippen LogP) is 10.2. The van der Waals surface area contributed by atoms with Crippen LogP contribution in [-0.2, 0) is 18.6 Å². The van der Waals surface area contributed by atoms with E-state index < -0.39 is 26.4 Å². The van der Waals surface area contributed by atoms with E-state index in [1.807, 2.05) is 30.3 Å². The van der Waals surface area contributed by atoms with Gasteiger partial charge in [-0.3, -0.25) is 0 Å². The van der Waals surface area contributed by atoms with Crippen LogP contribution in [0.3, 0.4) is 0 Å². The van der Waals surface area contributed by atoms with Crippen molar-refractivity contribution in [3.05, 3.63) is 53.5 Å². The topological polar surface area (TPSA) is 47.9 Å². The molecule has 0 aromatic heterocycles. The standard InChI is InChI=1S/C33H59NO3SSi2/c1-12-40(13-2,14-3)37-30-24-20-15-16-21-25-31(36-39(10,11)33(6,7)8)32(26-29(30)27(4)5)38(35,34-9)28-22-18-17-19-23-28/h15-19,22-23,26-27,29-31H,12-14,20-21,24-25H2,1-11H3/b16-15-,32-26-/t29-,30-,31+,38?/m0/s1. The van der Waals surface area contributed by atoms with E-state index in [0.717, 1.165) is 53.6 Å². The maximum absolute atomic E-state index is 15.2. The van der Waals surface area contributed by atoms with Gasteiger partial charge in [0, 0.05) is 13.0 Å². The van der Waals surface area contributed by atoms with E-state index in [0.29, 0.717) is 5.92 Å². The molecule has 1 aliphatic carbocycles. The van der Waals surface area contributed by atoms with Gasteiger partial charge in [0.25, 0.3) is 0 Å². The molecule has 0 spiro atoms. The SMILES string of the molecule is CC[Si](CC)(CC)O[C@H]1CC/C=C\CC[C@@H](O[Si](C)(C)C(C)(C)C)/C(S(=O)(=NC)c2ccccc2)=C/[C@H]1C(C)C. The molecule has 0 heterocycles. The zero-order valence-electron chi connectivity index (χ0n) is 27.5. The normalized spacial score (nSPS) is 25.4. The summed E-state index contributed by atoms with van der Waals surface area (Å²) in [6.07, 6.45) is 10.4. The van der Waals surface area contributed by atoms with Crippen LogP contribution in [0.15, 0.2) is 62.7 Å². The third-order valence-corrected chi connectivity index (χ3v) is 21.1. The van der Waals surface area contributed by atoms with Crippen molar-refractivity contribution in [1.29, 1.82) is 0 Å². The van der Waals surface area contributed by atoms with Gasteiger partial charge in [0.15, 0.2) is 16.6 Å². The van der Waals surface area contributed by atoms with E-state index in [1.54, 1.807) is 7.05 Å². The fraction of sp³-hybridized carbons (Fsp3) is 0.697. The lowest BCUT2D eigenvalue weighted by Gasteiger charge is -2.41. The summed E-state index contributed by atoms with van der Waals surface area (Å²) in [5, 5.41) is 0.0365. The first-order chi connectivity index (χ1) is 18.7. The molecule has 0 amide bonds. The lowest BCUT2D eigenvalue weighted by molar-refractivity contribution is 0.111. The fourth-order valence-corrected chi connectivity index (χ4v) is 11.8. The molecule has 0 aliphatic heterocycles. The Balaban J connectivity index is 2.87. The van der Waals surface area contributed by atoms with Crippen LogP contribution in [0, 0.1) is 11.8 Å². The summed E-state index contributed by atoms with van der Waals surface area (Å²) in [6, 6.07) is 13.2. The third kappa shape index (κ3) is 8.53. The lowest BCUT2D eigenvalue weighted by Crippen LogP contribution is -2.45. The molecule has 1 aromatic rings. The van der Waals surface area contributed by atoms with Crippen molar-refractivity contribution in [3.8, 4) is 0 Å². The Morgan fingerprint density at radius 2 is 1.50 bits per heavy atom. The number of allylic oxidation sites excluding steroid dienone is 2. The molecule has 4 nitrogen and oxygen atoms in total. The van der Waals surface area contributed by atoms with Crippen molar-refractivity contribution in [2.75, 3.05) is 7.05 Å². The van der Waals surface area contributed by atoms with E-state index in [-0.39, 0.29) is 23.2 Å². The maximum atomic E-state index is 15.2. The molecular weight excluding hydrogens is 547 g/mol. The Morgan fingerprint density at radius 1 is 0.950 bits per heavy atom. The molecule has 0 radical (unpaired) electrons. The van der Waals surface area contributed by atoms with Crippen LogP contribution >= 0.6 is 0 Å². The van der Waals surface area contributed by atoms with Gasteiger partial charge in [-0.05, 0) is 80.0 Å². The number of rotatable bonds is 10. The molecule has 0 N–H and O–H groups in total. The summed E-state index contributed by atoms with van der Waals surface area (Å²) in [5.41, 5.74) is 0.